The van der Waals surface area contributed by atoms with E-state index in [1.165, 1.54) is 11.3 Å². The lowest BCUT2D eigenvalue weighted by atomic mass is 10.1. The zero-order valence-corrected chi connectivity index (χ0v) is 10.2. The topological polar surface area (TPSA) is 29.3 Å². The van der Waals surface area contributed by atoms with Crippen molar-refractivity contribution < 1.29 is 0 Å². The minimum absolute atomic E-state index is 0.576. The largest absolute Gasteiger partial charge is 0.393 e. The first kappa shape index (κ1) is 12.0. The third-order valence-electron chi connectivity index (χ3n) is 2.48. The van der Waals surface area contributed by atoms with Gasteiger partial charge in [0.25, 0.3) is 0 Å². The molecular formula is C12H18N2S. The number of thiocarbonyl (C=S) groups is 1. The molecule has 1 aromatic carbocycles. The average Bonchev–Trinajstić information content (AvgIpc) is 2.26. The van der Waals surface area contributed by atoms with Crippen LogP contribution >= 0.6 is 12.2 Å². The molecule has 0 atom stereocenters. The van der Waals surface area contributed by atoms with Crippen LogP contribution in [0.15, 0.2) is 24.3 Å². The summed E-state index contributed by atoms with van der Waals surface area (Å²) in [5, 5.41) is 0. The van der Waals surface area contributed by atoms with Crippen molar-refractivity contribution >= 4 is 22.9 Å². The van der Waals surface area contributed by atoms with Crippen LogP contribution in [0, 0.1) is 0 Å². The maximum atomic E-state index is 5.47. The van der Waals surface area contributed by atoms with E-state index in [0.717, 1.165) is 19.4 Å². The highest BCUT2D eigenvalue weighted by Gasteiger charge is 2.00. The molecule has 0 spiro atoms. The van der Waals surface area contributed by atoms with Crippen molar-refractivity contribution in [3.8, 4) is 0 Å². The Labute approximate surface area is 97.1 Å². The van der Waals surface area contributed by atoms with Crippen LogP contribution in [0.25, 0.3) is 0 Å². The Kier molecular flexibility index (Phi) is 4.56. The molecular weight excluding hydrogens is 204 g/mol. The lowest BCUT2D eigenvalue weighted by Gasteiger charge is -2.19. The van der Waals surface area contributed by atoms with E-state index < -0.39 is 0 Å². The Morgan fingerprint density at radius 2 is 1.93 bits per heavy atom. The normalized spacial score (nSPS) is 10.0. The fourth-order valence-electron chi connectivity index (χ4n) is 1.39. The molecule has 0 aliphatic carbocycles. The summed E-state index contributed by atoms with van der Waals surface area (Å²) >= 11 is 4.85. The van der Waals surface area contributed by atoms with E-state index in [9.17, 15) is 0 Å². The number of anilines is 1. The van der Waals surface area contributed by atoms with Crippen molar-refractivity contribution in [2.24, 2.45) is 5.73 Å². The van der Waals surface area contributed by atoms with E-state index in [1.54, 1.807) is 0 Å². The molecule has 15 heavy (non-hydrogen) atoms. The lowest BCUT2D eigenvalue weighted by molar-refractivity contribution is 0.920. The zero-order chi connectivity index (χ0) is 11.3. The van der Waals surface area contributed by atoms with Crippen LogP contribution in [-0.4, -0.2) is 18.6 Å². The van der Waals surface area contributed by atoms with E-state index >= 15 is 0 Å². The van der Waals surface area contributed by atoms with Crippen LogP contribution in [0.2, 0.25) is 0 Å². The van der Waals surface area contributed by atoms with Crippen LogP contribution in [0.3, 0.4) is 0 Å². The molecule has 2 nitrogen and oxygen atoms in total. The van der Waals surface area contributed by atoms with Crippen LogP contribution in [0.5, 0.6) is 0 Å². The van der Waals surface area contributed by atoms with E-state index in [2.05, 4.69) is 43.1 Å². The van der Waals surface area contributed by atoms with Gasteiger partial charge >= 0.3 is 0 Å². The van der Waals surface area contributed by atoms with Gasteiger partial charge < -0.3 is 10.6 Å². The number of benzene rings is 1. The Balaban J connectivity index is 2.57. The van der Waals surface area contributed by atoms with Gasteiger partial charge in [-0.1, -0.05) is 31.3 Å². The van der Waals surface area contributed by atoms with Gasteiger partial charge in [-0.15, -0.1) is 0 Å². The van der Waals surface area contributed by atoms with Crippen LogP contribution in [-0.2, 0) is 6.42 Å². The van der Waals surface area contributed by atoms with Crippen molar-refractivity contribution in [2.45, 2.75) is 19.8 Å². The summed E-state index contributed by atoms with van der Waals surface area (Å²) in [6.07, 6.45) is 1.85. The smallest absolute Gasteiger partial charge is 0.0745 e. The number of hydrogen-bond acceptors (Lipinski definition) is 2. The van der Waals surface area contributed by atoms with Gasteiger partial charge in [0.2, 0.25) is 0 Å². The third-order valence-corrected chi connectivity index (χ3v) is 2.68. The molecule has 0 saturated carbocycles. The fraction of sp³-hybridized carbons (Fsp3) is 0.417. The van der Waals surface area contributed by atoms with Gasteiger partial charge in [-0.3, -0.25) is 0 Å². The van der Waals surface area contributed by atoms with Crippen molar-refractivity contribution in [3.05, 3.63) is 29.8 Å². The molecule has 0 amide bonds. The highest BCUT2D eigenvalue weighted by molar-refractivity contribution is 7.80. The fourth-order valence-corrected chi connectivity index (χ4v) is 1.48. The van der Waals surface area contributed by atoms with Crippen molar-refractivity contribution in [1.82, 2.24) is 0 Å². The molecule has 82 valence electrons. The van der Waals surface area contributed by atoms with Gasteiger partial charge in [0.15, 0.2) is 0 Å². The van der Waals surface area contributed by atoms with E-state index in [0.29, 0.717) is 4.99 Å². The summed E-state index contributed by atoms with van der Waals surface area (Å²) in [6.45, 7) is 3.03. The second-order valence-corrected chi connectivity index (χ2v) is 4.18. The predicted molar refractivity (Wildman–Crippen MR) is 70.5 cm³/mol. The summed E-state index contributed by atoms with van der Waals surface area (Å²) < 4.78 is 0. The lowest BCUT2D eigenvalue weighted by Crippen LogP contribution is -2.23. The highest BCUT2D eigenvalue weighted by Crippen LogP contribution is 2.14. The molecule has 0 saturated heterocycles. The Hall–Kier alpha value is -1.09. The van der Waals surface area contributed by atoms with E-state index in [-0.39, 0.29) is 0 Å². The van der Waals surface area contributed by atoms with Crippen LogP contribution in [0.1, 0.15) is 18.9 Å². The molecule has 0 unspecified atom stereocenters. The number of hydrogen-bond donors (Lipinski definition) is 1. The standard InChI is InChI=1S/C12H18N2S/c1-3-10-4-6-11(7-5-10)14(2)9-8-12(13)15/h4-7H,3,8-9H2,1-2H3,(H2,13,15). The van der Waals surface area contributed by atoms with Gasteiger partial charge in [0.1, 0.15) is 0 Å². The Morgan fingerprint density at radius 3 is 2.40 bits per heavy atom. The minimum Gasteiger partial charge on any atom is -0.393 e. The Morgan fingerprint density at radius 1 is 1.33 bits per heavy atom. The first-order valence-corrected chi connectivity index (χ1v) is 5.62. The predicted octanol–water partition coefficient (Wildman–Crippen LogP) is 2.36. The molecule has 3 heteroatoms. The molecule has 0 aromatic heterocycles. The van der Waals surface area contributed by atoms with Crippen LogP contribution in [0.4, 0.5) is 5.69 Å². The molecule has 0 aliphatic rings. The summed E-state index contributed by atoms with van der Waals surface area (Å²) in [7, 11) is 2.05. The molecule has 1 aromatic rings. The Bertz CT molecular complexity index is 319. The number of rotatable bonds is 5. The molecule has 0 bridgehead atoms. The first-order valence-electron chi connectivity index (χ1n) is 5.22. The SMILES string of the molecule is CCc1ccc(N(C)CCC(N)=S)cc1. The van der Waals surface area contributed by atoms with Crippen LogP contribution < -0.4 is 10.6 Å². The second-order valence-electron chi connectivity index (χ2n) is 3.66. The minimum atomic E-state index is 0.576. The number of nitrogens with zero attached hydrogens (tertiary/aromatic N) is 1. The summed E-state index contributed by atoms with van der Waals surface area (Å²) in [4.78, 5) is 2.74. The monoisotopic (exact) mass is 222 g/mol. The second kappa shape index (κ2) is 5.71. The van der Waals surface area contributed by atoms with Gasteiger partial charge in [0.05, 0.1) is 4.99 Å². The number of aryl methyl sites for hydroxylation is 1. The first-order chi connectivity index (χ1) is 7.13. The summed E-state index contributed by atoms with van der Waals surface area (Å²) in [5.41, 5.74) is 8.04. The van der Waals surface area contributed by atoms with Crippen molar-refractivity contribution in [2.75, 3.05) is 18.5 Å². The van der Waals surface area contributed by atoms with Gasteiger partial charge in [-0.05, 0) is 24.1 Å². The maximum Gasteiger partial charge on any atom is 0.0745 e. The molecule has 1 rings (SSSR count). The van der Waals surface area contributed by atoms with E-state index in [4.69, 9.17) is 18.0 Å². The highest BCUT2D eigenvalue weighted by atomic mass is 32.1. The molecule has 2 N–H and O–H groups in total. The third kappa shape index (κ3) is 3.88. The van der Waals surface area contributed by atoms with Crippen molar-refractivity contribution in [3.63, 3.8) is 0 Å². The molecule has 0 radical (unpaired) electrons. The molecule has 0 fully saturated rings. The van der Waals surface area contributed by atoms with Gasteiger partial charge in [0, 0.05) is 25.7 Å². The van der Waals surface area contributed by atoms with Crippen molar-refractivity contribution in [1.29, 1.82) is 0 Å². The van der Waals surface area contributed by atoms with E-state index in [1.807, 2.05) is 0 Å². The van der Waals surface area contributed by atoms with Gasteiger partial charge in [-0.2, -0.15) is 0 Å². The molecule has 0 aliphatic heterocycles. The quantitative estimate of drug-likeness (QED) is 0.776. The summed E-state index contributed by atoms with van der Waals surface area (Å²) in [6, 6.07) is 8.59. The van der Waals surface area contributed by atoms with Gasteiger partial charge in [-0.25, -0.2) is 0 Å². The maximum absolute atomic E-state index is 5.47. The average molecular weight is 222 g/mol. The zero-order valence-electron chi connectivity index (χ0n) is 9.36. The molecule has 0 heterocycles. The summed E-state index contributed by atoms with van der Waals surface area (Å²) in [5.74, 6) is 0. The number of nitrogens with two attached hydrogens (primary N) is 1.